The summed E-state index contributed by atoms with van der Waals surface area (Å²) in [5.74, 6) is -0.576. The molecule has 0 bridgehead atoms. The number of aromatic nitrogens is 1. The van der Waals surface area contributed by atoms with Crippen LogP contribution in [0.3, 0.4) is 0 Å². The molecule has 2 N–H and O–H groups in total. The third-order valence-corrected chi connectivity index (χ3v) is 3.24. The van der Waals surface area contributed by atoms with Crippen LogP contribution in [0.4, 0.5) is 11.5 Å². The van der Waals surface area contributed by atoms with Crippen molar-refractivity contribution in [2.24, 2.45) is 0 Å². The molecule has 1 aromatic heterocycles. The zero-order chi connectivity index (χ0) is 14.7. The highest BCUT2D eigenvalue weighted by molar-refractivity contribution is 6.35. The first-order valence-electron chi connectivity index (χ1n) is 5.96. The van der Waals surface area contributed by atoms with Gasteiger partial charge in [0.15, 0.2) is 0 Å². The van der Waals surface area contributed by atoms with Gasteiger partial charge in [0.05, 0.1) is 16.3 Å². The van der Waals surface area contributed by atoms with Gasteiger partial charge in [0.25, 0.3) is 0 Å². The van der Waals surface area contributed by atoms with E-state index in [-0.39, 0.29) is 5.56 Å². The molecule has 6 heteroatoms. The third kappa shape index (κ3) is 3.40. The van der Waals surface area contributed by atoms with Crippen LogP contribution in [-0.4, -0.2) is 16.1 Å². The lowest BCUT2D eigenvalue weighted by atomic mass is 10.2. The van der Waals surface area contributed by atoms with Gasteiger partial charge in [-0.25, -0.2) is 9.78 Å². The van der Waals surface area contributed by atoms with Crippen LogP contribution in [0.25, 0.3) is 0 Å². The summed E-state index contributed by atoms with van der Waals surface area (Å²) in [4.78, 5) is 15.4. The highest BCUT2D eigenvalue weighted by Crippen LogP contribution is 2.28. The van der Waals surface area contributed by atoms with E-state index in [1.54, 1.807) is 24.3 Å². The van der Waals surface area contributed by atoms with Gasteiger partial charge in [0.2, 0.25) is 0 Å². The molecule has 0 saturated heterocycles. The van der Waals surface area contributed by atoms with Crippen LogP contribution in [0.15, 0.2) is 30.3 Å². The lowest BCUT2D eigenvalue weighted by Gasteiger charge is -2.10. The van der Waals surface area contributed by atoms with Gasteiger partial charge >= 0.3 is 5.97 Å². The maximum atomic E-state index is 11.1. The number of hydrogen-bond donors (Lipinski definition) is 2. The van der Waals surface area contributed by atoms with Crippen LogP contribution in [0.5, 0.6) is 0 Å². The van der Waals surface area contributed by atoms with E-state index >= 15 is 0 Å². The Morgan fingerprint density at radius 2 is 2.05 bits per heavy atom. The van der Waals surface area contributed by atoms with Gasteiger partial charge in [-0.3, -0.25) is 0 Å². The second kappa shape index (κ2) is 6.11. The van der Waals surface area contributed by atoms with E-state index in [1.807, 2.05) is 6.92 Å². The van der Waals surface area contributed by atoms with E-state index in [2.05, 4.69) is 10.3 Å². The molecule has 0 spiro atoms. The van der Waals surface area contributed by atoms with Gasteiger partial charge in [0.1, 0.15) is 5.82 Å². The highest BCUT2D eigenvalue weighted by atomic mass is 35.5. The predicted octanol–water partition coefficient (Wildman–Crippen LogP) is 4.39. The number of benzene rings is 1. The maximum Gasteiger partial charge on any atom is 0.335 e. The summed E-state index contributed by atoms with van der Waals surface area (Å²) in [6.07, 6.45) is 0.638. The van der Waals surface area contributed by atoms with Crippen LogP contribution < -0.4 is 5.32 Å². The lowest BCUT2D eigenvalue weighted by Crippen LogP contribution is -2.03. The summed E-state index contributed by atoms with van der Waals surface area (Å²) in [6.45, 7) is 1.91. The molecule has 104 valence electrons. The molecule has 0 aliphatic carbocycles. The Morgan fingerprint density at radius 3 is 2.70 bits per heavy atom. The molecule has 0 atom stereocenters. The Morgan fingerprint density at radius 1 is 1.30 bits per heavy atom. The normalized spacial score (nSPS) is 10.3. The van der Waals surface area contributed by atoms with Gasteiger partial charge in [-0.1, -0.05) is 30.1 Å². The summed E-state index contributed by atoms with van der Waals surface area (Å²) in [7, 11) is 0. The smallest absolute Gasteiger partial charge is 0.335 e. The number of hydrogen-bond acceptors (Lipinski definition) is 3. The second-order valence-electron chi connectivity index (χ2n) is 4.14. The van der Waals surface area contributed by atoms with Crippen molar-refractivity contribution in [2.75, 3.05) is 5.32 Å². The third-order valence-electron chi connectivity index (χ3n) is 2.68. The molecular formula is C14H12Cl2N2O2. The Balaban J connectivity index is 2.39. The lowest BCUT2D eigenvalue weighted by molar-refractivity contribution is 0.0696. The Hall–Kier alpha value is -1.78. The fourth-order valence-corrected chi connectivity index (χ4v) is 2.02. The molecule has 0 radical (unpaired) electrons. The number of aryl methyl sites for hydroxylation is 1. The van der Waals surface area contributed by atoms with Crippen molar-refractivity contribution in [2.45, 2.75) is 13.3 Å². The number of nitrogens with zero attached hydrogens (tertiary/aromatic N) is 1. The fraction of sp³-hybridized carbons (Fsp3) is 0.143. The summed E-state index contributed by atoms with van der Waals surface area (Å²) in [6, 6.07) is 8.00. The first kappa shape index (κ1) is 14.6. The quantitative estimate of drug-likeness (QED) is 0.879. The number of nitrogens with one attached hydrogen (secondary N) is 1. The molecule has 4 nitrogen and oxygen atoms in total. The second-order valence-corrected chi connectivity index (χ2v) is 4.98. The monoisotopic (exact) mass is 310 g/mol. The molecule has 1 aromatic carbocycles. The van der Waals surface area contributed by atoms with Gasteiger partial charge in [-0.2, -0.15) is 0 Å². The standard InChI is InChI=1S/C14H12Cl2N2O2/c1-2-10-5-8(14(19)20)6-13(17-10)18-12-7-9(15)3-4-11(12)16/h3-7H,2H2,1H3,(H,17,18)(H,19,20). The minimum Gasteiger partial charge on any atom is -0.478 e. The Kier molecular flexibility index (Phi) is 4.47. The topological polar surface area (TPSA) is 62.2 Å². The minimum absolute atomic E-state index is 0.178. The summed E-state index contributed by atoms with van der Waals surface area (Å²) >= 11 is 12.0. The summed E-state index contributed by atoms with van der Waals surface area (Å²) < 4.78 is 0. The molecule has 0 amide bonds. The number of rotatable bonds is 4. The molecule has 0 aliphatic rings. The van der Waals surface area contributed by atoms with Crippen LogP contribution in [-0.2, 0) is 6.42 Å². The van der Waals surface area contributed by atoms with Crippen molar-refractivity contribution < 1.29 is 9.90 Å². The summed E-state index contributed by atoms with van der Waals surface area (Å²) in [5.41, 5.74) is 1.44. The molecule has 20 heavy (non-hydrogen) atoms. The van der Waals surface area contributed by atoms with Crippen molar-refractivity contribution >= 4 is 40.7 Å². The van der Waals surface area contributed by atoms with Crippen molar-refractivity contribution in [3.05, 3.63) is 51.6 Å². The first-order chi connectivity index (χ1) is 9.49. The van der Waals surface area contributed by atoms with E-state index in [1.165, 1.54) is 6.07 Å². The van der Waals surface area contributed by atoms with E-state index in [9.17, 15) is 4.79 Å². The van der Waals surface area contributed by atoms with Gasteiger partial charge in [0, 0.05) is 10.7 Å². The number of pyridine rings is 1. The molecule has 1 heterocycles. The van der Waals surface area contributed by atoms with E-state index in [0.29, 0.717) is 33.7 Å². The van der Waals surface area contributed by atoms with E-state index in [0.717, 1.165) is 0 Å². The number of aromatic carboxylic acids is 1. The van der Waals surface area contributed by atoms with Crippen molar-refractivity contribution in [3.8, 4) is 0 Å². The molecule has 2 aromatic rings. The maximum absolute atomic E-state index is 11.1. The van der Waals surface area contributed by atoms with Gasteiger partial charge < -0.3 is 10.4 Å². The highest BCUT2D eigenvalue weighted by Gasteiger charge is 2.09. The molecular weight excluding hydrogens is 299 g/mol. The number of carboxylic acid groups (broad SMARTS) is 1. The van der Waals surface area contributed by atoms with Gasteiger partial charge in [-0.15, -0.1) is 0 Å². The predicted molar refractivity (Wildman–Crippen MR) is 80.3 cm³/mol. The number of carboxylic acids is 1. The largest absolute Gasteiger partial charge is 0.478 e. The average Bonchev–Trinajstić information content (AvgIpc) is 2.42. The molecule has 0 unspecified atom stereocenters. The molecule has 2 rings (SSSR count). The van der Waals surface area contributed by atoms with Crippen LogP contribution in [0.2, 0.25) is 10.0 Å². The minimum atomic E-state index is -0.998. The molecule has 0 fully saturated rings. The SMILES string of the molecule is CCc1cc(C(=O)O)cc(Nc2cc(Cl)ccc2Cl)n1. The van der Waals surface area contributed by atoms with Crippen LogP contribution in [0.1, 0.15) is 23.0 Å². The Bertz CT molecular complexity index is 660. The van der Waals surface area contributed by atoms with Crippen LogP contribution in [0, 0.1) is 0 Å². The van der Waals surface area contributed by atoms with Gasteiger partial charge in [-0.05, 0) is 36.8 Å². The van der Waals surface area contributed by atoms with E-state index in [4.69, 9.17) is 28.3 Å². The van der Waals surface area contributed by atoms with E-state index < -0.39 is 5.97 Å². The summed E-state index contributed by atoms with van der Waals surface area (Å²) in [5, 5.41) is 13.1. The Labute approximate surface area is 126 Å². The number of anilines is 2. The van der Waals surface area contributed by atoms with Crippen molar-refractivity contribution in [1.29, 1.82) is 0 Å². The zero-order valence-electron chi connectivity index (χ0n) is 10.7. The fourth-order valence-electron chi connectivity index (χ4n) is 1.69. The van der Waals surface area contributed by atoms with Crippen LogP contribution >= 0.6 is 23.2 Å². The molecule has 0 aliphatic heterocycles. The number of halogens is 2. The van der Waals surface area contributed by atoms with Crippen molar-refractivity contribution in [1.82, 2.24) is 4.98 Å². The molecule has 0 saturated carbocycles. The average molecular weight is 311 g/mol. The van der Waals surface area contributed by atoms with Crippen molar-refractivity contribution in [3.63, 3.8) is 0 Å². The number of carbonyl (C=O) groups is 1. The first-order valence-corrected chi connectivity index (χ1v) is 6.71. The zero-order valence-corrected chi connectivity index (χ0v) is 12.2.